The molecule has 114 valence electrons. The van der Waals surface area contributed by atoms with E-state index in [2.05, 4.69) is 28.1 Å². The Bertz CT molecular complexity index is 516. The first-order chi connectivity index (χ1) is 10.1. The second kappa shape index (κ2) is 7.84. The van der Waals surface area contributed by atoms with Crippen LogP contribution in [0.25, 0.3) is 0 Å². The Hall–Kier alpha value is -1.01. The molecular formula is C15H19BrN2O2S. The summed E-state index contributed by atoms with van der Waals surface area (Å²) in [7, 11) is 0. The zero-order valence-corrected chi connectivity index (χ0v) is 14.5. The van der Waals surface area contributed by atoms with Crippen molar-refractivity contribution in [1.82, 2.24) is 9.80 Å². The van der Waals surface area contributed by atoms with Gasteiger partial charge >= 0.3 is 0 Å². The number of halogens is 1. The summed E-state index contributed by atoms with van der Waals surface area (Å²) in [6, 6.07) is 8.13. The van der Waals surface area contributed by atoms with Crippen LogP contribution in [0.15, 0.2) is 28.7 Å². The fourth-order valence-corrected chi connectivity index (χ4v) is 3.57. The van der Waals surface area contributed by atoms with Crippen LogP contribution < -0.4 is 0 Å². The third kappa shape index (κ3) is 5.04. The molecular weight excluding hydrogens is 352 g/mol. The van der Waals surface area contributed by atoms with Gasteiger partial charge in [-0.3, -0.25) is 9.59 Å². The van der Waals surface area contributed by atoms with Gasteiger partial charge < -0.3 is 9.80 Å². The van der Waals surface area contributed by atoms with Gasteiger partial charge in [-0.25, -0.2) is 0 Å². The minimum atomic E-state index is 0.0890. The molecule has 0 aromatic heterocycles. The third-order valence-electron chi connectivity index (χ3n) is 3.46. The van der Waals surface area contributed by atoms with Gasteiger partial charge in [-0.05, 0) is 17.7 Å². The lowest BCUT2D eigenvalue weighted by Gasteiger charge is -2.34. The van der Waals surface area contributed by atoms with Gasteiger partial charge in [0.2, 0.25) is 11.8 Å². The molecule has 0 aliphatic carbocycles. The molecule has 2 rings (SSSR count). The third-order valence-corrected chi connectivity index (χ3v) is 4.94. The van der Waals surface area contributed by atoms with E-state index in [-0.39, 0.29) is 11.8 Å². The second-order valence-corrected chi connectivity index (χ2v) is 6.91. The Balaban J connectivity index is 1.72. The van der Waals surface area contributed by atoms with Gasteiger partial charge in [-0.15, -0.1) is 11.8 Å². The van der Waals surface area contributed by atoms with Crippen LogP contribution >= 0.6 is 27.7 Å². The number of carbonyl (C=O) groups excluding carboxylic acids is 2. The SMILES string of the molecule is CC(=O)N1CCN(C(=O)CSCc2cccc(Br)c2)CC1. The number of amides is 2. The predicted octanol–water partition coefficient (Wildman–Crippen LogP) is 2.37. The van der Waals surface area contributed by atoms with Crippen molar-refractivity contribution in [3.8, 4) is 0 Å². The molecule has 0 saturated carbocycles. The Morgan fingerprint density at radius 3 is 2.48 bits per heavy atom. The second-order valence-electron chi connectivity index (χ2n) is 5.01. The van der Waals surface area contributed by atoms with E-state index in [1.165, 1.54) is 5.56 Å². The van der Waals surface area contributed by atoms with E-state index < -0.39 is 0 Å². The quantitative estimate of drug-likeness (QED) is 0.816. The monoisotopic (exact) mass is 370 g/mol. The highest BCUT2D eigenvalue weighted by Gasteiger charge is 2.21. The Kier molecular flexibility index (Phi) is 6.11. The molecule has 2 amide bonds. The topological polar surface area (TPSA) is 40.6 Å². The zero-order chi connectivity index (χ0) is 15.2. The maximum absolute atomic E-state index is 12.1. The first-order valence-electron chi connectivity index (χ1n) is 6.92. The van der Waals surface area contributed by atoms with Crippen LogP contribution in [0, 0.1) is 0 Å². The van der Waals surface area contributed by atoms with Crippen molar-refractivity contribution in [3.63, 3.8) is 0 Å². The number of carbonyl (C=O) groups is 2. The molecule has 0 atom stereocenters. The van der Waals surface area contributed by atoms with E-state index in [1.54, 1.807) is 23.6 Å². The zero-order valence-electron chi connectivity index (χ0n) is 12.0. The number of thioether (sulfide) groups is 1. The summed E-state index contributed by atoms with van der Waals surface area (Å²) in [5, 5.41) is 0. The standard InChI is InChI=1S/C15H19BrN2O2S/c1-12(19)17-5-7-18(8-6-17)15(20)11-21-10-13-3-2-4-14(16)9-13/h2-4,9H,5-8,10-11H2,1H3. The van der Waals surface area contributed by atoms with Gasteiger partial charge in [0.25, 0.3) is 0 Å². The molecule has 0 radical (unpaired) electrons. The summed E-state index contributed by atoms with van der Waals surface area (Å²) in [6.45, 7) is 4.17. The molecule has 1 aromatic rings. The maximum Gasteiger partial charge on any atom is 0.232 e. The highest BCUT2D eigenvalue weighted by Crippen LogP contribution is 2.17. The number of hydrogen-bond acceptors (Lipinski definition) is 3. The van der Waals surface area contributed by atoms with Crippen LogP contribution in [0.1, 0.15) is 12.5 Å². The Morgan fingerprint density at radius 1 is 1.19 bits per heavy atom. The van der Waals surface area contributed by atoms with Crippen LogP contribution in [-0.4, -0.2) is 53.5 Å². The lowest BCUT2D eigenvalue weighted by molar-refractivity contribution is -0.136. The average Bonchev–Trinajstić information content (AvgIpc) is 2.47. The Labute approximate surface area is 138 Å². The van der Waals surface area contributed by atoms with Gasteiger partial charge in [0, 0.05) is 43.3 Å². The van der Waals surface area contributed by atoms with E-state index in [9.17, 15) is 9.59 Å². The van der Waals surface area contributed by atoms with Gasteiger partial charge in [0.1, 0.15) is 0 Å². The molecule has 1 aliphatic rings. The molecule has 6 heteroatoms. The first kappa shape index (κ1) is 16.4. The lowest BCUT2D eigenvalue weighted by Crippen LogP contribution is -2.50. The summed E-state index contributed by atoms with van der Waals surface area (Å²) in [5.41, 5.74) is 1.21. The van der Waals surface area contributed by atoms with E-state index in [1.807, 2.05) is 17.0 Å². The van der Waals surface area contributed by atoms with Gasteiger partial charge in [-0.2, -0.15) is 0 Å². The molecule has 0 unspecified atom stereocenters. The number of rotatable bonds is 4. The van der Waals surface area contributed by atoms with Crippen molar-refractivity contribution < 1.29 is 9.59 Å². The minimum absolute atomic E-state index is 0.0890. The van der Waals surface area contributed by atoms with Crippen molar-refractivity contribution in [2.24, 2.45) is 0 Å². The predicted molar refractivity (Wildman–Crippen MR) is 89.1 cm³/mol. The van der Waals surface area contributed by atoms with Crippen molar-refractivity contribution in [2.45, 2.75) is 12.7 Å². The van der Waals surface area contributed by atoms with Crippen molar-refractivity contribution in [2.75, 3.05) is 31.9 Å². The van der Waals surface area contributed by atoms with E-state index in [0.29, 0.717) is 31.9 Å². The molecule has 21 heavy (non-hydrogen) atoms. The number of benzene rings is 1. The average molecular weight is 371 g/mol. The van der Waals surface area contributed by atoms with Gasteiger partial charge in [-0.1, -0.05) is 28.1 Å². The summed E-state index contributed by atoms with van der Waals surface area (Å²) in [5.74, 6) is 1.58. The lowest BCUT2D eigenvalue weighted by atomic mass is 10.2. The number of nitrogens with zero attached hydrogens (tertiary/aromatic N) is 2. The molecule has 4 nitrogen and oxygen atoms in total. The van der Waals surface area contributed by atoms with Crippen molar-refractivity contribution in [1.29, 1.82) is 0 Å². The fourth-order valence-electron chi connectivity index (χ4n) is 2.24. The number of hydrogen-bond donors (Lipinski definition) is 0. The highest BCUT2D eigenvalue weighted by atomic mass is 79.9. The van der Waals surface area contributed by atoms with Crippen LogP contribution in [0.2, 0.25) is 0 Å². The maximum atomic E-state index is 12.1. The Morgan fingerprint density at radius 2 is 1.86 bits per heavy atom. The van der Waals surface area contributed by atoms with Crippen LogP contribution in [0.3, 0.4) is 0 Å². The summed E-state index contributed by atoms with van der Waals surface area (Å²) < 4.78 is 1.06. The summed E-state index contributed by atoms with van der Waals surface area (Å²) in [4.78, 5) is 27.0. The largest absolute Gasteiger partial charge is 0.339 e. The molecule has 0 spiro atoms. The summed E-state index contributed by atoms with van der Waals surface area (Å²) >= 11 is 5.08. The van der Waals surface area contributed by atoms with Crippen LogP contribution in [0.4, 0.5) is 0 Å². The molecule has 0 bridgehead atoms. The smallest absolute Gasteiger partial charge is 0.232 e. The molecule has 1 fully saturated rings. The van der Waals surface area contributed by atoms with Crippen molar-refractivity contribution >= 4 is 39.5 Å². The summed E-state index contributed by atoms with van der Waals surface area (Å²) in [6.07, 6.45) is 0. The van der Waals surface area contributed by atoms with Gasteiger partial charge in [0.15, 0.2) is 0 Å². The van der Waals surface area contributed by atoms with E-state index in [4.69, 9.17) is 0 Å². The molecule has 1 saturated heterocycles. The number of piperazine rings is 1. The van der Waals surface area contributed by atoms with E-state index >= 15 is 0 Å². The minimum Gasteiger partial charge on any atom is -0.339 e. The molecule has 1 aliphatic heterocycles. The fraction of sp³-hybridized carbons (Fsp3) is 0.467. The molecule has 0 N–H and O–H groups in total. The molecule has 1 aromatic carbocycles. The van der Waals surface area contributed by atoms with Crippen molar-refractivity contribution in [3.05, 3.63) is 34.3 Å². The normalized spacial score (nSPS) is 15.1. The van der Waals surface area contributed by atoms with Gasteiger partial charge in [0.05, 0.1) is 5.75 Å². The molecule has 1 heterocycles. The first-order valence-corrected chi connectivity index (χ1v) is 8.86. The van der Waals surface area contributed by atoms with Crippen LogP contribution in [0.5, 0.6) is 0 Å². The van der Waals surface area contributed by atoms with Crippen LogP contribution in [-0.2, 0) is 15.3 Å². The highest BCUT2D eigenvalue weighted by molar-refractivity contribution is 9.10. The van der Waals surface area contributed by atoms with E-state index in [0.717, 1.165) is 10.2 Å².